The van der Waals surface area contributed by atoms with Gasteiger partial charge in [-0.05, 0) is 51.7 Å². The highest BCUT2D eigenvalue weighted by molar-refractivity contribution is 5.94. The second-order valence-electron chi connectivity index (χ2n) is 12.1. The van der Waals surface area contributed by atoms with Crippen molar-refractivity contribution in [1.82, 2.24) is 20.9 Å². The van der Waals surface area contributed by atoms with Gasteiger partial charge >= 0.3 is 6.09 Å². The maximum Gasteiger partial charge on any atom is 0.408 e. The van der Waals surface area contributed by atoms with Gasteiger partial charge in [-0.3, -0.25) is 19.2 Å². The average Bonchev–Trinajstić information content (AvgIpc) is 3.51. The molecular weight excluding hydrogens is 594 g/mol. The molecule has 1 aliphatic heterocycles. The standard InChI is InChI=1S/C33H45N5O8/c1-22(45-20-24-14-9-6-10-15-24)28(31(42)38-17-11-16-26(38)29(34)40)37-27(39)18-35-30(41)25(36-32(43)46-33(2,3)4)21-44-19-23-12-7-5-8-13-23/h5-10,12-15,22,25-26,28H,11,16-21H2,1-4H3,(H2,34,40)(H,35,41)(H,36,43)(H,37,39)/t22-,25+,26+,28+/m1/s1. The van der Waals surface area contributed by atoms with E-state index in [1.165, 1.54) is 4.90 Å². The number of hydrogen-bond donors (Lipinski definition) is 4. The van der Waals surface area contributed by atoms with E-state index in [-0.39, 0.29) is 19.8 Å². The first-order valence-electron chi connectivity index (χ1n) is 15.3. The predicted octanol–water partition coefficient (Wildman–Crippen LogP) is 1.78. The molecule has 3 rings (SSSR count). The van der Waals surface area contributed by atoms with Gasteiger partial charge in [0.05, 0.1) is 32.5 Å². The van der Waals surface area contributed by atoms with E-state index in [9.17, 15) is 24.0 Å². The first-order valence-corrected chi connectivity index (χ1v) is 15.3. The lowest BCUT2D eigenvalue weighted by atomic mass is 10.1. The van der Waals surface area contributed by atoms with Crippen LogP contribution in [0, 0.1) is 0 Å². The highest BCUT2D eigenvalue weighted by atomic mass is 16.6. The number of primary amides is 1. The summed E-state index contributed by atoms with van der Waals surface area (Å²) in [4.78, 5) is 65.7. The fraction of sp³-hybridized carbons (Fsp3) is 0.485. The molecule has 0 radical (unpaired) electrons. The van der Waals surface area contributed by atoms with Gasteiger partial charge in [0.2, 0.25) is 23.6 Å². The molecule has 0 aromatic heterocycles. The summed E-state index contributed by atoms with van der Waals surface area (Å²) in [6.45, 7) is 6.67. The van der Waals surface area contributed by atoms with Crippen molar-refractivity contribution in [1.29, 1.82) is 0 Å². The molecule has 1 aliphatic rings. The van der Waals surface area contributed by atoms with Crippen LogP contribution in [0.4, 0.5) is 4.79 Å². The third-order valence-corrected chi connectivity index (χ3v) is 7.10. The van der Waals surface area contributed by atoms with Crippen molar-refractivity contribution < 1.29 is 38.2 Å². The summed E-state index contributed by atoms with van der Waals surface area (Å²) in [7, 11) is 0. The molecule has 1 saturated heterocycles. The molecular formula is C33H45N5O8. The molecule has 0 spiro atoms. The minimum absolute atomic E-state index is 0.179. The SMILES string of the molecule is C[C@@H](OCc1ccccc1)[C@H](NC(=O)CNC(=O)[C@H](COCc1ccccc1)NC(=O)OC(C)(C)C)C(=O)N1CCC[C@H]1C(N)=O. The van der Waals surface area contributed by atoms with Crippen LogP contribution in [0.1, 0.15) is 51.7 Å². The number of nitrogens with one attached hydrogen (secondary N) is 3. The summed E-state index contributed by atoms with van der Waals surface area (Å²) >= 11 is 0. The Morgan fingerprint density at radius 1 is 0.935 bits per heavy atom. The molecule has 46 heavy (non-hydrogen) atoms. The van der Waals surface area contributed by atoms with E-state index in [1.807, 2.05) is 60.7 Å². The summed E-state index contributed by atoms with van der Waals surface area (Å²) in [5.41, 5.74) is 6.47. The molecule has 0 saturated carbocycles. The number of carbonyl (C=O) groups excluding carboxylic acids is 5. The van der Waals surface area contributed by atoms with Crippen molar-refractivity contribution in [3.8, 4) is 0 Å². The van der Waals surface area contributed by atoms with Crippen molar-refractivity contribution in [2.24, 2.45) is 5.73 Å². The maximum absolute atomic E-state index is 13.6. The normalized spacial score (nSPS) is 16.5. The molecule has 0 unspecified atom stereocenters. The summed E-state index contributed by atoms with van der Waals surface area (Å²) in [6.07, 6.45) is -0.608. The number of alkyl carbamates (subject to hydrolysis) is 1. The van der Waals surface area contributed by atoms with E-state index in [4.69, 9.17) is 19.9 Å². The van der Waals surface area contributed by atoms with Crippen molar-refractivity contribution in [2.75, 3.05) is 19.7 Å². The van der Waals surface area contributed by atoms with E-state index in [0.717, 1.165) is 11.1 Å². The zero-order valence-corrected chi connectivity index (χ0v) is 26.8. The van der Waals surface area contributed by atoms with Crippen LogP contribution in [0.2, 0.25) is 0 Å². The summed E-state index contributed by atoms with van der Waals surface area (Å²) in [5, 5.41) is 7.64. The zero-order valence-electron chi connectivity index (χ0n) is 26.8. The number of nitrogens with zero attached hydrogens (tertiary/aromatic N) is 1. The minimum Gasteiger partial charge on any atom is -0.444 e. The van der Waals surface area contributed by atoms with Gasteiger partial charge in [0.1, 0.15) is 23.7 Å². The van der Waals surface area contributed by atoms with E-state index in [2.05, 4.69) is 16.0 Å². The minimum atomic E-state index is -1.18. The van der Waals surface area contributed by atoms with Gasteiger partial charge in [-0.15, -0.1) is 0 Å². The van der Waals surface area contributed by atoms with Gasteiger partial charge in [-0.25, -0.2) is 4.79 Å². The van der Waals surface area contributed by atoms with Crippen molar-refractivity contribution in [3.63, 3.8) is 0 Å². The van der Waals surface area contributed by atoms with Gasteiger partial charge in [-0.2, -0.15) is 0 Å². The molecule has 1 heterocycles. The summed E-state index contributed by atoms with van der Waals surface area (Å²) in [6, 6.07) is 15.5. The maximum atomic E-state index is 13.6. The number of likely N-dealkylation sites (tertiary alicyclic amines) is 1. The Morgan fingerprint density at radius 3 is 2.13 bits per heavy atom. The number of carbonyl (C=O) groups is 5. The Bertz CT molecular complexity index is 1320. The molecule has 2 aromatic rings. The topological polar surface area (TPSA) is 178 Å². The molecule has 13 nitrogen and oxygen atoms in total. The lowest BCUT2D eigenvalue weighted by Crippen LogP contribution is -2.58. The van der Waals surface area contributed by atoms with Gasteiger partial charge in [0.25, 0.3) is 0 Å². The number of hydrogen-bond acceptors (Lipinski definition) is 8. The van der Waals surface area contributed by atoms with Crippen LogP contribution in [0.15, 0.2) is 60.7 Å². The summed E-state index contributed by atoms with van der Waals surface area (Å²) < 4.78 is 16.9. The number of amides is 5. The third kappa shape index (κ3) is 11.8. The fourth-order valence-electron chi connectivity index (χ4n) is 4.80. The van der Waals surface area contributed by atoms with Crippen LogP contribution in [-0.2, 0) is 46.6 Å². The Morgan fingerprint density at radius 2 is 1.54 bits per heavy atom. The molecule has 0 aliphatic carbocycles. The Labute approximate surface area is 269 Å². The second kappa shape index (κ2) is 17.3. The highest BCUT2D eigenvalue weighted by Crippen LogP contribution is 2.20. The lowest BCUT2D eigenvalue weighted by Gasteiger charge is -2.31. The van der Waals surface area contributed by atoms with E-state index in [0.29, 0.717) is 19.4 Å². The Balaban J connectivity index is 1.66. The quantitative estimate of drug-likeness (QED) is 0.228. The third-order valence-electron chi connectivity index (χ3n) is 7.10. The van der Waals surface area contributed by atoms with Crippen LogP contribution in [-0.4, -0.2) is 84.1 Å². The number of benzene rings is 2. The van der Waals surface area contributed by atoms with Gasteiger partial charge < -0.3 is 40.8 Å². The number of nitrogens with two attached hydrogens (primary N) is 1. The highest BCUT2D eigenvalue weighted by Gasteiger charge is 2.39. The smallest absolute Gasteiger partial charge is 0.408 e. The molecule has 2 aromatic carbocycles. The van der Waals surface area contributed by atoms with Crippen LogP contribution in [0.5, 0.6) is 0 Å². The second-order valence-corrected chi connectivity index (χ2v) is 12.1. The van der Waals surface area contributed by atoms with E-state index < -0.39 is 66.1 Å². The molecule has 1 fully saturated rings. The van der Waals surface area contributed by atoms with Gasteiger partial charge in [-0.1, -0.05) is 60.7 Å². The molecule has 4 atom stereocenters. The van der Waals surface area contributed by atoms with Gasteiger partial charge in [0.15, 0.2) is 0 Å². The van der Waals surface area contributed by atoms with Crippen LogP contribution in [0.3, 0.4) is 0 Å². The van der Waals surface area contributed by atoms with E-state index in [1.54, 1.807) is 27.7 Å². The van der Waals surface area contributed by atoms with E-state index >= 15 is 0 Å². The van der Waals surface area contributed by atoms with Crippen molar-refractivity contribution in [2.45, 2.75) is 83.6 Å². The Hall–Kier alpha value is -4.49. The predicted molar refractivity (Wildman–Crippen MR) is 169 cm³/mol. The Kier molecular flexibility index (Phi) is 13.5. The monoisotopic (exact) mass is 639 g/mol. The molecule has 5 amide bonds. The van der Waals surface area contributed by atoms with Crippen LogP contribution < -0.4 is 21.7 Å². The largest absolute Gasteiger partial charge is 0.444 e. The number of ether oxygens (including phenoxy) is 3. The average molecular weight is 640 g/mol. The molecule has 0 bridgehead atoms. The molecule has 5 N–H and O–H groups in total. The molecule has 250 valence electrons. The first kappa shape index (κ1) is 36.0. The first-order chi connectivity index (χ1) is 21.8. The van der Waals surface area contributed by atoms with Crippen molar-refractivity contribution in [3.05, 3.63) is 71.8 Å². The fourth-order valence-corrected chi connectivity index (χ4v) is 4.80. The lowest BCUT2D eigenvalue weighted by molar-refractivity contribution is -0.144. The summed E-state index contributed by atoms with van der Waals surface area (Å²) in [5.74, 6) is -2.52. The van der Waals surface area contributed by atoms with Crippen LogP contribution >= 0.6 is 0 Å². The van der Waals surface area contributed by atoms with Gasteiger partial charge in [0, 0.05) is 6.54 Å². The molecule has 13 heteroatoms. The van der Waals surface area contributed by atoms with Crippen LogP contribution in [0.25, 0.3) is 0 Å². The van der Waals surface area contributed by atoms with Crippen molar-refractivity contribution >= 4 is 29.7 Å². The zero-order chi connectivity index (χ0) is 33.7. The number of rotatable bonds is 15.